The number of hydrogen-bond acceptors (Lipinski definition) is 7. The normalized spacial score (nSPS) is 11.2. The van der Waals surface area contributed by atoms with Gasteiger partial charge in [-0.05, 0) is 78.9 Å². The lowest BCUT2D eigenvalue weighted by molar-refractivity contribution is 0.284. The summed E-state index contributed by atoms with van der Waals surface area (Å²) in [4.78, 5) is 18.8. The van der Waals surface area contributed by atoms with E-state index in [-0.39, 0.29) is 18.1 Å². The maximum absolute atomic E-state index is 13.9. The molecule has 0 unspecified atom stereocenters. The molecule has 0 bridgehead atoms. The summed E-state index contributed by atoms with van der Waals surface area (Å²) < 4.78 is 18.8. The molecule has 0 fully saturated rings. The van der Waals surface area contributed by atoms with Gasteiger partial charge in [-0.3, -0.25) is 4.79 Å². The van der Waals surface area contributed by atoms with Crippen LogP contribution in [-0.2, 0) is 6.61 Å². The van der Waals surface area contributed by atoms with E-state index in [1.54, 1.807) is 36.4 Å². The van der Waals surface area contributed by atoms with Crippen molar-refractivity contribution in [3.8, 4) is 34.7 Å². The van der Waals surface area contributed by atoms with Crippen molar-refractivity contribution < 1.29 is 14.2 Å². The van der Waals surface area contributed by atoms with Crippen molar-refractivity contribution in [1.29, 1.82) is 5.26 Å². The molecule has 0 saturated carbocycles. The van der Waals surface area contributed by atoms with Gasteiger partial charge in [0.05, 0.1) is 47.5 Å². The van der Waals surface area contributed by atoms with Crippen molar-refractivity contribution in [1.82, 2.24) is 9.66 Å². The van der Waals surface area contributed by atoms with Crippen molar-refractivity contribution in [2.75, 3.05) is 13.7 Å². The van der Waals surface area contributed by atoms with Gasteiger partial charge in [0.15, 0.2) is 17.3 Å². The number of fused-ring (bicyclic) bond motifs is 1. The van der Waals surface area contributed by atoms with E-state index in [9.17, 15) is 10.1 Å². The summed E-state index contributed by atoms with van der Waals surface area (Å²) in [5.74, 6) is 2.12. The average molecular weight is 621 g/mol. The first-order valence-corrected chi connectivity index (χ1v) is 15.0. The fourth-order valence-corrected chi connectivity index (χ4v) is 5.33. The monoisotopic (exact) mass is 620 g/mol. The van der Waals surface area contributed by atoms with Crippen LogP contribution in [0.15, 0.2) is 82.7 Å². The van der Waals surface area contributed by atoms with Gasteiger partial charge in [0, 0.05) is 11.1 Å². The molecular formula is C36H33ClN4O4. The zero-order valence-electron chi connectivity index (χ0n) is 25.8. The van der Waals surface area contributed by atoms with Crippen LogP contribution in [-0.4, -0.2) is 29.6 Å². The Balaban J connectivity index is 1.59. The number of nitrogens with zero attached hydrogens (tertiary/aromatic N) is 4. The highest BCUT2D eigenvalue weighted by molar-refractivity contribution is 6.32. The number of methoxy groups -OCH3 is 1. The largest absolute Gasteiger partial charge is 0.494 e. The summed E-state index contributed by atoms with van der Waals surface area (Å²) in [5.41, 5.74) is 4.79. The van der Waals surface area contributed by atoms with E-state index in [1.807, 2.05) is 50.2 Å². The highest BCUT2D eigenvalue weighted by Gasteiger charge is 2.19. The lowest BCUT2D eigenvalue weighted by Gasteiger charge is -2.18. The molecule has 0 aliphatic carbocycles. The Hall–Kier alpha value is -5.13. The molecule has 0 atom stereocenters. The van der Waals surface area contributed by atoms with E-state index >= 15 is 0 Å². The molecular weight excluding hydrogens is 588 g/mol. The van der Waals surface area contributed by atoms with E-state index in [2.05, 4.69) is 25.0 Å². The Morgan fingerprint density at radius 3 is 2.53 bits per heavy atom. The standard InChI is InChI=1S/C36H33ClN4O4/c1-6-44-32-15-23(4)29(18-28(32)22(2)3)35-40-31-14-10-9-13-27(31)36(42)41(35)39-20-24-16-30(37)34(33(17-24)43-5)45-21-26-12-8-7-11-25(26)19-38/h7-18,20,22H,6,21H2,1-5H3. The first-order valence-electron chi connectivity index (χ1n) is 14.6. The fraction of sp³-hybridized carbons (Fsp3) is 0.222. The first kappa shape index (κ1) is 31.3. The summed E-state index contributed by atoms with van der Waals surface area (Å²) >= 11 is 6.66. The summed E-state index contributed by atoms with van der Waals surface area (Å²) in [6.45, 7) is 8.80. The Morgan fingerprint density at radius 2 is 1.80 bits per heavy atom. The molecule has 9 heteroatoms. The third kappa shape index (κ3) is 6.54. The second-order valence-corrected chi connectivity index (χ2v) is 11.1. The minimum Gasteiger partial charge on any atom is -0.494 e. The lowest BCUT2D eigenvalue weighted by Crippen LogP contribution is -2.21. The van der Waals surface area contributed by atoms with Crippen LogP contribution in [0, 0.1) is 18.3 Å². The number of ether oxygens (including phenoxy) is 3. The summed E-state index contributed by atoms with van der Waals surface area (Å²) in [6.07, 6.45) is 1.54. The second kappa shape index (κ2) is 13.7. The minimum absolute atomic E-state index is 0.133. The van der Waals surface area contributed by atoms with Crippen LogP contribution >= 0.6 is 11.6 Å². The van der Waals surface area contributed by atoms with Gasteiger partial charge < -0.3 is 14.2 Å². The maximum atomic E-state index is 13.9. The number of nitriles is 1. The van der Waals surface area contributed by atoms with Gasteiger partial charge in [0.1, 0.15) is 12.4 Å². The van der Waals surface area contributed by atoms with Crippen molar-refractivity contribution in [2.24, 2.45) is 5.10 Å². The molecule has 0 saturated heterocycles. The van der Waals surface area contributed by atoms with Gasteiger partial charge in [0.25, 0.3) is 5.56 Å². The van der Waals surface area contributed by atoms with Crippen LogP contribution in [0.1, 0.15) is 54.5 Å². The zero-order valence-corrected chi connectivity index (χ0v) is 26.6. The molecule has 0 spiro atoms. The molecule has 4 aromatic carbocycles. The third-order valence-corrected chi connectivity index (χ3v) is 7.64. The number of aryl methyl sites for hydroxylation is 1. The predicted octanol–water partition coefficient (Wildman–Crippen LogP) is 7.89. The first-order chi connectivity index (χ1) is 21.7. The van der Waals surface area contributed by atoms with Gasteiger partial charge in [-0.2, -0.15) is 15.0 Å². The highest BCUT2D eigenvalue weighted by Crippen LogP contribution is 2.37. The lowest BCUT2D eigenvalue weighted by atomic mass is 9.96. The van der Waals surface area contributed by atoms with Crippen molar-refractivity contribution in [2.45, 2.75) is 40.2 Å². The number of benzene rings is 4. The number of aromatic nitrogens is 2. The van der Waals surface area contributed by atoms with Gasteiger partial charge >= 0.3 is 0 Å². The Morgan fingerprint density at radius 1 is 1.04 bits per heavy atom. The smallest absolute Gasteiger partial charge is 0.282 e. The van der Waals surface area contributed by atoms with Crippen LogP contribution in [0.25, 0.3) is 22.3 Å². The Labute approximate surface area is 267 Å². The van der Waals surface area contributed by atoms with E-state index in [0.717, 1.165) is 28.0 Å². The number of rotatable bonds is 10. The Bertz CT molecular complexity index is 2010. The van der Waals surface area contributed by atoms with Crippen LogP contribution in [0.3, 0.4) is 0 Å². The second-order valence-electron chi connectivity index (χ2n) is 10.7. The van der Waals surface area contributed by atoms with Crippen LogP contribution < -0.4 is 19.8 Å². The number of hydrogen-bond donors (Lipinski definition) is 0. The maximum Gasteiger partial charge on any atom is 0.282 e. The van der Waals surface area contributed by atoms with Crippen LogP contribution in [0.4, 0.5) is 0 Å². The summed E-state index contributed by atoms with van der Waals surface area (Å²) in [5, 5.41) is 14.8. The average Bonchev–Trinajstić information content (AvgIpc) is 3.03. The predicted molar refractivity (Wildman–Crippen MR) is 178 cm³/mol. The van der Waals surface area contributed by atoms with Crippen molar-refractivity contribution in [3.63, 3.8) is 0 Å². The fourth-order valence-electron chi connectivity index (χ4n) is 5.06. The van der Waals surface area contributed by atoms with E-state index in [4.69, 9.17) is 30.8 Å². The van der Waals surface area contributed by atoms with Crippen LogP contribution in [0.2, 0.25) is 5.02 Å². The summed E-state index contributed by atoms with van der Waals surface area (Å²) in [6, 6.07) is 24.0. The molecule has 8 nitrogen and oxygen atoms in total. The Kier molecular flexibility index (Phi) is 9.50. The minimum atomic E-state index is -0.305. The molecule has 0 aliphatic rings. The molecule has 5 rings (SSSR count). The SMILES string of the molecule is CCOc1cc(C)c(-c2nc3ccccc3c(=O)n2N=Cc2cc(Cl)c(OCc3ccccc3C#N)c(OC)c2)cc1C(C)C. The molecule has 5 aromatic rings. The molecule has 0 N–H and O–H groups in total. The van der Waals surface area contributed by atoms with Crippen molar-refractivity contribution >= 4 is 28.7 Å². The summed E-state index contributed by atoms with van der Waals surface area (Å²) in [7, 11) is 1.51. The molecule has 0 aliphatic heterocycles. The van der Waals surface area contributed by atoms with Gasteiger partial charge in [0.2, 0.25) is 0 Å². The number of halogens is 1. The molecule has 0 amide bonds. The van der Waals surface area contributed by atoms with E-state index in [1.165, 1.54) is 18.0 Å². The van der Waals surface area contributed by atoms with Gasteiger partial charge in [-0.15, -0.1) is 0 Å². The molecule has 1 aromatic heterocycles. The van der Waals surface area contributed by atoms with Crippen LogP contribution in [0.5, 0.6) is 17.2 Å². The molecule has 45 heavy (non-hydrogen) atoms. The highest BCUT2D eigenvalue weighted by atomic mass is 35.5. The van der Waals surface area contributed by atoms with E-state index in [0.29, 0.717) is 51.0 Å². The third-order valence-electron chi connectivity index (χ3n) is 7.36. The molecule has 0 radical (unpaired) electrons. The van der Waals surface area contributed by atoms with E-state index < -0.39 is 0 Å². The topological polar surface area (TPSA) is 98.7 Å². The molecule has 1 heterocycles. The molecule has 228 valence electrons. The van der Waals surface area contributed by atoms with Gasteiger partial charge in [-0.1, -0.05) is 55.8 Å². The quantitative estimate of drug-likeness (QED) is 0.147. The van der Waals surface area contributed by atoms with Crippen molar-refractivity contribution in [3.05, 3.63) is 116 Å². The van der Waals surface area contributed by atoms with Gasteiger partial charge in [-0.25, -0.2) is 4.98 Å². The zero-order chi connectivity index (χ0) is 32.1. The number of para-hydroxylation sites is 1.